The van der Waals surface area contributed by atoms with Gasteiger partial charge in [-0.3, -0.25) is 0 Å². The fourth-order valence-corrected chi connectivity index (χ4v) is 7.69. The summed E-state index contributed by atoms with van der Waals surface area (Å²) >= 11 is 0. The molecule has 2 nitrogen and oxygen atoms in total. The van der Waals surface area contributed by atoms with E-state index >= 15 is 0 Å². The SMILES string of the molecule is CCC[C@H]1/C=C\CC[C@H](Cc2ccccc2)O[Si](C(C)C)(C(C)C)O1. The van der Waals surface area contributed by atoms with Crippen molar-refractivity contribution in [3.8, 4) is 0 Å². The van der Waals surface area contributed by atoms with Crippen LogP contribution in [0.2, 0.25) is 11.1 Å². The van der Waals surface area contributed by atoms with E-state index in [1.165, 1.54) is 5.56 Å². The maximum absolute atomic E-state index is 6.94. The maximum Gasteiger partial charge on any atom is 0.344 e. The lowest BCUT2D eigenvalue weighted by Crippen LogP contribution is -2.52. The van der Waals surface area contributed by atoms with Crippen LogP contribution < -0.4 is 0 Å². The Balaban J connectivity index is 2.27. The van der Waals surface area contributed by atoms with E-state index in [1.807, 2.05) is 0 Å². The summed E-state index contributed by atoms with van der Waals surface area (Å²) in [5, 5.41) is 0. The topological polar surface area (TPSA) is 18.5 Å². The molecule has 0 N–H and O–H groups in total. The Labute approximate surface area is 155 Å². The zero-order valence-corrected chi connectivity index (χ0v) is 17.7. The molecule has 0 saturated carbocycles. The first-order valence-corrected chi connectivity index (χ1v) is 12.0. The molecule has 1 aromatic rings. The summed E-state index contributed by atoms with van der Waals surface area (Å²) < 4.78 is 13.8. The van der Waals surface area contributed by atoms with Gasteiger partial charge >= 0.3 is 8.56 Å². The summed E-state index contributed by atoms with van der Waals surface area (Å²) in [7, 11) is -2.32. The van der Waals surface area contributed by atoms with E-state index in [9.17, 15) is 0 Å². The van der Waals surface area contributed by atoms with Crippen molar-refractivity contribution in [1.29, 1.82) is 0 Å². The fraction of sp³-hybridized carbons (Fsp3) is 0.636. The normalized spacial score (nSPS) is 25.4. The first-order chi connectivity index (χ1) is 12.0. The van der Waals surface area contributed by atoms with E-state index < -0.39 is 8.56 Å². The Kier molecular flexibility index (Phi) is 7.92. The fourth-order valence-electron chi connectivity index (χ4n) is 3.82. The Hall–Kier alpha value is -0.903. The summed E-state index contributed by atoms with van der Waals surface area (Å²) in [6.45, 7) is 11.4. The first kappa shape index (κ1) is 20.4. The van der Waals surface area contributed by atoms with E-state index in [4.69, 9.17) is 8.85 Å². The van der Waals surface area contributed by atoms with Crippen LogP contribution in [0.3, 0.4) is 0 Å². The molecule has 3 heteroatoms. The summed E-state index contributed by atoms with van der Waals surface area (Å²) in [4.78, 5) is 0. The minimum absolute atomic E-state index is 0.206. The third-order valence-corrected chi connectivity index (χ3v) is 9.77. The molecular formula is C22H36O2Si. The van der Waals surface area contributed by atoms with E-state index in [1.54, 1.807) is 0 Å². The van der Waals surface area contributed by atoms with Gasteiger partial charge in [-0.2, -0.15) is 0 Å². The molecule has 0 aliphatic carbocycles. The van der Waals surface area contributed by atoms with E-state index in [0.717, 1.165) is 32.1 Å². The third-order valence-electron chi connectivity index (χ3n) is 5.18. The minimum Gasteiger partial charge on any atom is -0.390 e. The second-order valence-corrected chi connectivity index (χ2v) is 12.1. The molecule has 1 aliphatic heterocycles. The largest absolute Gasteiger partial charge is 0.390 e. The third kappa shape index (κ3) is 5.53. The van der Waals surface area contributed by atoms with Crippen molar-refractivity contribution >= 4 is 8.56 Å². The molecule has 1 heterocycles. The number of hydrogen-bond acceptors (Lipinski definition) is 2. The quantitative estimate of drug-likeness (QED) is 0.431. The monoisotopic (exact) mass is 360 g/mol. The van der Waals surface area contributed by atoms with Crippen LogP contribution in [0, 0.1) is 0 Å². The maximum atomic E-state index is 6.94. The molecule has 0 spiro atoms. The molecule has 0 amide bonds. The van der Waals surface area contributed by atoms with Gasteiger partial charge in [-0.05, 0) is 42.3 Å². The van der Waals surface area contributed by atoms with Gasteiger partial charge in [0.1, 0.15) is 0 Å². The molecule has 140 valence electrons. The van der Waals surface area contributed by atoms with Crippen molar-refractivity contribution < 1.29 is 8.85 Å². The number of hydrogen-bond donors (Lipinski definition) is 0. The first-order valence-electron chi connectivity index (χ1n) is 10.0. The molecule has 25 heavy (non-hydrogen) atoms. The smallest absolute Gasteiger partial charge is 0.344 e. The molecule has 0 fully saturated rings. The molecule has 0 saturated heterocycles. The van der Waals surface area contributed by atoms with Crippen LogP contribution in [0.15, 0.2) is 42.5 Å². The molecule has 1 aliphatic rings. The van der Waals surface area contributed by atoms with Crippen LogP contribution in [-0.4, -0.2) is 20.8 Å². The van der Waals surface area contributed by atoms with Gasteiger partial charge in [0.15, 0.2) is 0 Å². The van der Waals surface area contributed by atoms with Crippen LogP contribution in [0.1, 0.15) is 65.9 Å². The lowest BCUT2D eigenvalue weighted by Gasteiger charge is -2.42. The second kappa shape index (κ2) is 9.70. The number of rotatable bonds is 6. The van der Waals surface area contributed by atoms with Gasteiger partial charge in [-0.15, -0.1) is 0 Å². The predicted molar refractivity (Wildman–Crippen MR) is 109 cm³/mol. The number of benzene rings is 1. The van der Waals surface area contributed by atoms with E-state index in [0.29, 0.717) is 11.1 Å². The highest BCUT2D eigenvalue weighted by Gasteiger charge is 2.48. The second-order valence-electron chi connectivity index (χ2n) is 7.91. The molecule has 1 aromatic carbocycles. The zero-order chi connectivity index (χ0) is 18.3. The van der Waals surface area contributed by atoms with Crippen LogP contribution >= 0.6 is 0 Å². The Morgan fingerprint density at radius 2 is 1.72 bits per heavy atom. The van der Waals surface area contributed by atoms with E-state index in [-0.39, 0.29) is 12.2 Å². The van der Waals surface area contributed by atoms with Crippen LogP contribution in [0.25, 0.3) is 0 Å². The van der Waals surface area contributed by atoms with Crippen molar-refractivity contribution in [2.45, 2.75) is 90.0 Å². The van der Waals surface area contributed by atoms with Crippen molar-refractivity contribution in [2.75, 3.05) is 0 Å². The average Bonchev–Trinajstić information content (AvgIpc) is 2.66. The van der Waals surface area contributed by atoms with Gasteiger partial charge in [0.05, 0.1) is 12.2 Å². The Bertz CT molecular complexity index is 516. The van der Waals surface area contributed by atoms with Crippen molar-refractivity contribution in [3.05, 3.63) is 48.0 Å². The summed E-state index contributed by atoms with van der Waals surface area (Å²) in [5.74, 6) is 0. The Morgan fingerprint density at radius 3 is 2.32 bits per heavy atom. The number of allylic oxidation sites excluding steroid dienone is 1. The Morgan fingerprint density at radius 1 is 1.04 bits per heavy atom. The molecular weight excluding hydrogens is 324 g/mol. The van der Waals surface area contributed by atoms with Crippen molar-refractivity contribution in [3.63, 3.8) is 0 Å². The molecule has 0 bridgehead atoms. The molecule has 0 radical (unpaired) electrons. The van der Waals surface area contributed by atoms with Gasteiger partial charge in [0, 0.05) is 0 Å². The van der Waals surface area contributed by atoms with Gasteiger partial charge in [-0.1, -0.05) is 83.5 Å². The van der Waals surface area contributed by atoms with Crippen molar-refractivity contribution in [1.82, 2.24) is 0 Å². The predicted octanol–water partition coefficient (Wildman–Crippen LogP) is 6.41. The lowest BCUT2D eigenvalue weighted by molar-refractivity contribution is 0.0773. The lowest BCUT2D eigenvalue weighted by atomic mass is 10.0. The highest BCUT2D eigenvalue weighted by Crippen LogP contribution is 2.39. The highest BCUT2D eigenvalue weighted by atomic mass is 28.4. The van der Waals surface area contributed by atoms with Gasteiger partial charge in [0.25, 0.3) is 0 Å². The van der Waals surface area contributed by atoms with Crippen LogP contribution in [-0.2, 0) is 15.3 Å². The summed E-state index contributed by atoms with van der Waals surface area (Å²) in [6.07, 6.45) is 10.4. The minimum atomic E-state index is -2.32. The molecule has 0 unspecified atom stereocenters. The summed E-state index contributed by atoms with van der Waals surface area (Å²) in [6, 6.07) is 10.7. The highest BCUT2D eigenvalue weighted by molar-refractivity contribution is 6.70. The van der Waals surface area contributed by atoms with Crippen LogP contribution in [0.4, 0.5) is 0 Å². The summed E-state index contributed by atoms with van der Waals surface area (Å²) in [5.41, 5.74) is 2.24. The standard InChI is InChI=1S/C22H36O2Si/c1-6-12-21-15-10-11-16-22(17-20-13-8-7-9-14-20)24-25(23-21,18(2)3)19(4)5/h7-10,13-15,18-19,21-22H,6,11-12,16-17H2,1-5H3/b15-10-/t21-,22+/m0/s1. The molecule has 2 rings (SSSR count). The zero-order valence-electron chi connectivity index (χ0n) is 16.7. The average molecular weight is 361 g/mol. The van der Waals surface area contributed by atoms with Crippen molar-refractivity contribution in [2.24, 2.45) is 0 Å². The van der Waals surface area contributed by atoms with Gasteiger partial charge < -0.3 is 8.85 Å². The van der Waals surface area contributed by atoms with Gasteiger partial charge in [0.2, 0.25) is 0 Å². The molecule has 2 atom stereocenters. The van der Waals surface area contributed by atoms with E-state index in [2.05, 4.69) is 77.1 Å². The molecule has 0 aromatic heterocycles. The van der Waals surface area contributed by atoms with Gasteiger partial charge in [-0.25, -0.2) is 0 Å². The van der Waals surface area contributed by atoms with Crippen LogP contribution in [0.5, 0.6) is 0 Å².